The summed E-state index contributed by atoms with van der Waals surface area (Å²) in [5.74, 6) is 0.601. The molecule has 0 aliphatic rings. The largest absolute Gasteiger partial charge is 0.382 e. The molecule has 0 saturated heterocycles. The number of unbranched alkanes of at least 4 members (excludes halogenated alkanes) is 3. The summed E-state index contributed by atoms with van der Waals surface area (Å²) >= 11 is 0. The van der Waals surface area contributed by atoms with Crippen LogP contribution in [0.15, 0.2) is 40.6 Å². The molecule has 5 heteroatoms. The van der Waals surface area contributed by atoms with Gasteiger partial charge in [-0.15, -0.1) is 5.11 Å². The molecule has 0 atom stereocenters. The van der Waals surface area contributed by atoms with E-state index in [0.717, 1.165) is 24.3 Å². The molecule has 0 aliphatic heterocycles. The van der Waals surface area contributed by atoms with E-state index < -0.39 is 0 Å². The molecule has 0 unspecified atom stereocenters. The Morgan fingerprint density at radius 3 is 2.57 bits per heavy atom. The van der Waals surface area contributed by atoms with E-state index in [9.17, 15) is 0 Å². The van der Waals surface area contributed by atoms with Gasteiger partial charge in [0.1, 0.15) is 5.82 Å². The van der Waals surface area contributed by atoms with Crippen molar-refractivity contribution in [1.82, 2.24) is 9.78 Å². The summed E-state index contributed by atoms with van der Waals surface area (Å²) in [5.41, 5.74) is 8.44. The lowest BCUT2D eigenvalue weighted by atomic mass is 10.2. The van der Waals surface area contributed by atoms with Crippen molar-refractivity contribution in [3.8, 4) is 0 Å². The third-order valence-electron chi connectivity index (χ3n) is 3.38. The van der Waals surface area contributed by atoms with Crippen molar-refractivity contribution in [2.45, 2.75) is 46.1 Å². The number of hydrogen-bond acceptors (Lipinski definition) is 4. The zero-order valence-corrected chi connectivity index (χ0v) is 12.8. The van der Waals surface area contributed by atoms with Crippen molar-refractivity contribution in [3.05, 3.63) is 36.0 Å². The number of anilines is 1. The van der Waals surface area contributed by atoms with Crippen LogP contribution in [0, 0.1) is 6.92 Å². The Morgan fingerprint density at radius 1 is 1.10 bits per heavy atom. The quantitative estimate of drug-likeness (QED) is 0.588. The zero-order valence-electron chi connectivity index (χ0n) is 12.8. The maximum atomic E-state index is 6.13. The SMILES string of the molecule is CCCCCCn1nc(C)c(N=Nc2ccccc2)c1N. The number of rotatable bonds is 7. The van der Waals surface area contributed by atoms with Gasteiger partial charge in [-0.3, -0.25) is 0 Å². The van der Waals surface area contributed by atoms with E-state index in [4.69, 9.17) is 5.73 Å². The van der Waals surface area contributed by atoms with Crippen LogP contribution < -0.4 is 5.73 Å². The van der Waals surface area contributed by atoms with E-state index >= 15 is 0 Å². The number of aromatic nitrogens is 2. The number of nitrogen functional groups attached to an aromatic ring is 1. The minimum atomic E-state index is 0.601. The van der Waals surface area contributed by atoms with Gasteiger partial charge in [-0.1, -0.05) is 44.4 Å². The summed E-state index contributed by atoms with van der Waals surface area (Å²) in [6.07, 6.45) is 4.77. The van der Waals surface area contributed by atoms with Crippen molar-refractivity contribution >= 4 is 17.2 Å². The number of benzene rings is 1. The zero-order chi connectivity index (χ0) is 15.1. The van der Waals surface area contributed by atoms with Crippen LogP contribution in [-0.2, 0) is 6.54 Å². The van der Waals surface area contributed by atoms with Crippen molar-refractivity contribution in [2.24, 2.45) is 10.2 Å². The molecule has 2 rings (SSSR count). The lowest BCUT2D eigenvalue weighted by Crippen LogP contribution is -2.04. The Hall–Kier alpha value is -2.17. The second-order valence-corrected chi connectivity index (χ2v) is 5.14. The molecule has 0 aliphatic carbocycles. The highest BCUT2D eigenvalue weighted by atomic mass is 15.3. The van der Waals surface area contributed by atoms with Crippen LogP contribution in [0.3, 0.4) is 0 Å². The standard InChI is InChI=1S/C16H23N5/c1-3-4-5-9-12-21-16(17)15(13(2)20-21)19-18-14-10-7-6-8-11-14/h6-8,10-11H,3-5,9,12,17H2,1-2H3. The second-order valence-electron chi connectivity index (χ2n) is 5.14. The highest BCUT2D eigenvalue weighted by Gasteiger charge is 2.11. The molecule has 2 N–H and O–H groups in total. The van der Waals surface area contributed by atoms with E-state index in [1.54, 1.807) is 0 Å². The number of nitrogens with two attached hydrogens (primary N) is 1. The van der Waals surface area contributed by atoms with Crippen molar-refractivity contribution in [3.63, 3.8) is 0 Å². The highest BCUT2D eigenvalue weighted by molar-refractivity contribution is 5.61. The molecule has 2 aromatic rings. The van der Waals surface area contributed by atoms with E-state index in [-0.39, 0.29) is 0 Å². The summed E-state index contributed by atoms with van der Waals surface area (Å²) < 4.78 is 1.84. The second kappa shape index (κ2) is 7.57. The molecular formula is C16H23N5. The fourth-order valence-corrected chi connectivity index (χ4v) is 2.17. The fourth-order valence-electron chi connectivity index (χ4n) is 2.17. The lowest BCUT2D eigenvalue weighted by molar-refractivity contribution is 0.544. The molecule has 0 saturated carbocycles. The molecule has 21 heavy (non-hydrogen) atoms. The fraction of sp³-hybridized carbons (Fsp3) is 0.438. The van der Waals surface area contributed by atoms with Gasteiger partial charge in [-0.2, -0.15) is 10.2 Å². The molecule has 1 aromatic carbocycles. The Morgan fingerprint density at radius 2 is 1.86 bits per heavy atom. The van der Waals surface area contributed by atoms with Crippen LogP contribution >= 0.6 is 0 Å². The minimum Gasteiger partial charge on any atom is -0.382 e. The molecular weight excluding hydrogens is 262 g/mol. The number of azo groups is 1. The predicted molar refractivity (Wildman–Crippen MR) is 86.1 cm³/mol. The molecule has 0 spiro atoms. The van der Waals surface area contributed by atoms with E-state index in [0.29, 0.717) is 11.5 Å². The predicted octanol–water partition coefficient (Wildman–Crippen LogP) is 4.77. The molecule has 0 fully saturated rings. The van der Waals surface area contributed by atoms with Crippen LogP contribution in [0.25, 0.3) is 0 Å². The van der Waals surface area contributed by atoms with Crippen molar-refractivity contribution in [1.29, 1.82) is 0 Å². The topological polar surface area (TPSA) is 68.6 Å². The first kappa shape index (κ1) is 15.2. The number of hydrogen-bond donors (Lipinski definition) is 1. The molecule has 0 bridgehead atoms. The first-order valence-electron chi connectivity index (χ1n) is 7.52. The molecule has 0 amide bonds. The van der Waals surface area contributed by atoms with Crippen LogP contribution in [0.2, 0.25) is 0 Å². The number of aryl methyl sites for hydroxylation is 2. The average molecular weight is 285 g/mol. The van der Waals surface area contributed by atoms with E-state index in [1.165, 1.54) is 19.3 Å². The minimum absolute atomic E-state index is 0.601. The van der Waals surface area contributed by atoms with Gasteiger partial charge in [0.15, 0.2) is 5.69 Å². The molecule has 1 aromatic heterocycles. The molecule has 112 valence electrons. The summed E-state index contributed by atoms with van der Waals surface area (Å²) in [6, 6.07) is 9.63. The Kier molecular flexibility index (Phi) is 5.49. The first-order valence-corrected chi connectivity index (χ1v) is 7.52. The van der Waals surface area contributed by atoms with Gasteiger partial charge >= 0.3 is 0 Å². The van der Waals surface area contributed by atoms with Crippen LogP contribution in [0.4, 0.5) is 17.2 Å². The van der Waals surface area contributed by atoms with Gasteiger partial charge in [-0.25, -0.2) is 4.68 Å². The summed E-state index contributed by atoms with van der Waals surface area (Å²) in [4.78, 5) is 0. The normalized spacial score (nSPS) is 11.3. The third kappa shape index (κ3) is 4.15. The van der Waals surface area contributed by atoms with Gasteiger partial charge in [0.05, 0.1) is 11.4 Å². The smallest absolute Gasteiger partial charge is 0.150 e. The Labute approximate surface area is 125 Å². The van der Waals surface area contributed by atoms with Crippen molar-refractivity contribution in [2.75, 3.05) is 5.73 Å². The van der Waals surface area contributed by atoms with E-state index in [1.807, 2.05) is 41.9 Å². The highest BCUT2D eigenvalue weighted by Crippen LogP contribution is 2.28. The third-order valence-corrected chi connectivity index (χ3v) is 3.38. The van der Waals surface area contributed by atoms with Gasteiger partial charge in [0.25, 0.3) is 0 Å². The molecule has 0 radical (unpaired) electrons. The Bertz CT molecular complexity index is 586. The van der Waals surface area contributed by atoms with Crippen molar-refractivity contribution < 1.29 is 0 Å². The maximum absolute atomic E-state index is 6.13. The van der Waals surface area contributed by atoms with Crippen LogP contribution in [-0.4, -0.2) is 9.78 Å². The van der Waals surface area contributed by atoms with Gasteiger partial charge < -0.3 is 5.73 Å². The monoisotopic (exact) mass is 285 g/mol. The molecule has 1 heterocycles. The van der Waals surface area contributed by atoms with Gasteiger partial charge in [0.2, 0.25) is 0 Å². The van der Waals surface area contributed by atoms with E-state index in [2.05, 4.69) is 22.3 Å². The first-order chi connectivity index (χ1) is 10.2. The molecule has 5 nitrogen and oxygen atoms in total. The average Bonchev–Trinajstić information content (AvgIpc) is 2.77. The summed E-state index contributed by atoms with van der Waals surface area (Å²) in [7, 11) is 0. The summed E-state index contributed by atoms with van der Waals surface area (Å²) in [6.45, 7) is 4.96. The van der Waals surface area contributed by atoms with Crippen LogP contribution in [0.1, 0.15) is 38.3 Å². The van der Waals surface area contributed by atoms with Gasteiger partial charge in [0, 0.05) is 6.54 Å². The number of nitrogens with zero attached hydrogens (tertiary/aromatic N) is 4. The lowest BCUT2D eigenvalue weighted by Gasteiger charge is -2.03. The van der Waals surface area contributed by atoms with Gasteiger partial charge in [-0.05, 0) is 25.5 Å². The summed E-state index contributed by atoms with van der Waals surface area (Å²) in [5, 5.41) is 12.9. The maximum Gasteiger partial charge on any atom is 0.150 e. The van der Waals surface area contributed by atoms with Crippen LogP contribution in [0.5, 0.6) is 0 Å². The Balaban J connectivity index is 2.06.